The van der Waals surface area contributed by atoms with E-state index in [1.165, 1.54) is 12.1 Å². The molecule has 1 saturated carbocycles. The number of sulfonamides is 1. The Kier molecular flexibility index (Phi) is 6.94. The van der Waals surface area contributed by atoms with Crippen LogP contribution in [-0.2, 0) is 14.8 Å². The molecule has 1 fully saturated rings. The second-order valence-electron chi connectivity index (χ2n) is 5.26. The number of methoxy groups -OCH3 is 1. The predicted octanol–water partition coefficient (Wildman–Crippen LogP) is 1.44. The van der Waals surface area contributed by atoms with Crippen LogP contribution in [0.3, 0.4) is 0 Å². The first-order valence-electron chi connectivity index (χ1n) is 7.00. The summed E-state index contributed by atoms with van der Waals surface area (Å²) >= 11 is 0. The van der Waals surface area contributed by atoms with E-state index in [9.17, 15) is 17.6 Å². The fourth-order valence-corrected chi connectivity index (χ4v) is 4.31. The van der Waals surface area contributed by atoms with Crippen molar-refractivity contribution in [3.63, 3.8) is 0 Å². The average Bonchev–Trinajstić information content (AvgIpc) is 2.92. The minimum Gasteiger partial charge on any atom is -0.465 e. The molecule has 3 N–H and O–H groups in total. The van der Waals surface area contributed by atoms with E-state index in [4.69, 9.17) is 5.73 Å². The highest BCUT2D eigenvalue weighted by atomic mass is 35.5. The summed E-state index contributed by atoms with van der Waals surface area (Å²) in [5.74, 6) is -1.92. The summed E-state index contributed by atoms with van der Waals surface area (Å²) in [5.41, 5.74) is 5.05. The molecular weight excluding hydrogens is 347 g/mol. The highest BCUT2D eigenvalue weighted by Gasteiger charge is 2.33. The molecular formula is C14H20ClFN2O4S. The normalized spacial score (nSPS) is 20.8. The lowest BCUT2D eigenvalue weighted by Gasteiger charge is -2.20. The van der Waals surface area contributed by atoms with E-state index in [1.54, 1.807) is 0 Å². The minimum absolute atomic E-state index is 0. The Bertz CT molecular complexity index is 669. The molecule has 2 unspecified atom stereocenters. The molecule has 0 spiro atoms. The number of hydrogen-bond donors (Lipinski definition) is 2. The average molecular weight is 367 g/mol. The zero-order chi connectivity index (χ0) is 16.3. The number of esters is 1. The van der Waals surface area contributed by atoms with Crippen LogP contribution in [0, 0.1) is 11.7 Å². The lowest BCUT2D eigenvalue weighted by molar-refractivity contribution is 0.0590. The smallest absolute Gasteiger partial charge is 0.342 e. The first-order chi connectivity index (χ1) is 10.4. The van der Waals surface area contributed by atoms with Crippen LogP contribution >= 0.6 is 12.4 Å². The lowest BCUT2D eigenvalue weighted by Crippen LogP contribution is -2.40. The number of carbonyl (C=O) groups is 1. The Labute approximate surface area is 141 Å². The van der Waals surface area contributed by atoms with Crippen molar-refractivity contribution in [2.75, 3.05) is 13.7 Å². The van der Waals surface area contributed by atoms with Crippen molar-refractivity contribution in [3.05, 3.63) is 29.6 Å². The molecule has 6 nitrogen and oxygen atoms in total. The van der Waals surface area contributed by atoms with Crippen molar-refractivity contribution in [1.29, 1.82) is 0 Å². The highest BCUT2D eigenvalue weighted by Crippen LogP contribution is 2.27. The quantitative estimate of drug-likeness (QED) is 0.768. The largest absolute Gasteiger partial charge is 0.465 e. The predicted molar refractivity (Wildman–Crippen MR) is 85.5 cm³/mol. The Hall–Kier alpha value is -1.22. The van der Waals surface area contributed by atoms with E-state index in [1.807, 2.05) is 0 Å². The minimum atomic E-state index is -4.04. The van der Waals surface area contributed by atoms with Gasteiger partial charge >= 0.3 is 5.97 Å². The molecule has 130 valence electrons. The van der Waals surface area contributed by atoms with Gasteiger partial charge in [-0.05, 0) is 37.4 Å². The second-order valence-corrected chi connectivity index (χ2v) is 6.94. The van der Waals surface area contributed by atoms with Gasteiger partial charge in [0.05, 0.1) is 12.0 Å². The van der Waals surface area contributed by atoms with Gasteiger partial charge in [0.2, 0.25) is 10.0 Å². The molecule has 0 aromatic heterocycles. The number of carbonyl (C=O) groups excluding carboxylic acids is 1. The number of benzene rings is 1. The van der Waals surface area contributed by atoms with Crippen LogP contribution in [0.2, 0.25) is 0 Å². The van der Waals surface area contributed by atoms with Gasteiger partial charge in [-0.2, -0.15) is 0 Å². The first-order valence-corrected chi connectivity index (χ1v) is 8.48. The summed E-state index contributed by atoms with van der Waals surface area (Å²) in [6.07, 6.45) is 2.39. The standard InChI is InChI=1S/C14H19FN2O4S.ClH/c1-21-14(18)13-10(15)5-3-7-12(13)22(19,20)17-11-6-2-4-9(11)8-16;/h3,5,7,9,11,17H,2,4,6,8,16H2,1H3;1H. The third-order valence-corrected chi connectivity index (χ3v) is 5.46. The van der Waals surface area contributed by atoms with Gasteiger partial charge in [0.25, 0.3) is 0 Å². The zero-order valence-corrected chi connectivity index (χ0v) is 14.3. The third kappa shape index (κ3) is 4.20. The Morgan fingerprint density at radius 2 is 2.13 bits per heavy atom. The van der Waals surface area contributed by atoms with Crippen LogP contribution in [0.5, 0.6) is 0 Å². The summed E-state index contributed by atoms with van der Waals surface area (Å²) in [5, 5.41) is 0. The molecule has 1 aromatic carbocycles. The van der Waals surface area contributed by atoms with Gasteiger partial charge in [0, 0.05) is 6.04 Å². The van der Waals surface area contributed by atoms with Gasteiger partial charge in [-0.1, -0.05) is 12.5 Å². The molecule has 23 heavy (non-hydrogen) atoms. The topological polar surface area (TPSA) is 98.5 Å². The maximum Gasteiger partial charge on any atom is 0.342 e. The van der Waals surface area contributed by atoms with Crippen LogP contribution in [0.25, 0.3) is 0 Å². The molecule has 0 radical (unpaired) electrons. The van der Waals surface area contributed by atoms with Crippen LogP contribution in [-0.4, -0.2) is 34.1 Å². The molecule has 0 bridgehead atoms. The summed E-state index contributed by atoms with van der Waals surface area (Å²) in [4.78, 5) is 11.3. The number of ether oxygens (including phenoxy) is 1. The van der Waals surface area contributed by atoms with Gasteiger partial charge in [-0.15, -0.1) is 12.4 Å². The first kappa shape index (κ1) is 19.8. The zero-order valence-electron chi connectivity index (χ0n) is 12.6. The number of rotatable bonds is 5. The Morgan fingerprint density at radius 1 is 1.43 bits per heavy atom. The van der Waals surface area contributed by atoms with Crippen LogP contribution < -0.4 is 10.5 Å². The molecule has 0 amide bonds. The van der Waals surface area contributed by atoms with E-state index in [0.717, 1.165) is 26.0 Å². The maximum atomic E-state index is 13.9. The lowest BCUT2D eigenvalue weighted by atomic mass is 10.1. The maximum absolute atomic E-state index is 13.9. The van der Waals surface area contributed by atoms with Crippen molar-refractivity contribution in [3.8, 4) is 0 Å². The van der Waals surface area contributed by atoms with E-state index in [2.05, 4.69) is 9.46 Å². The SMILES string of the molecule is COC(=O)c1c(F)cccc1S(=O)(=O)NC1CCCC1CN.Cl. The monoisotopic (exact) mass is 366 g/mol. The fraction of sp³-hybridized carbons (Fsp3) is 0.500. The highest BCUT2D eigenvalue weighted by molar-refractivity contribution is 7.89. The van der Waals surface area contributed by atoms with Crippen LogP contribution in [0.15, 0.2) is 23.1 Å². The van der Waals surface area contributed by atoms with Crippen molar-refractivity contribution < 1.29 is 22.3 Å². The van der Waals surface area contributed by atoms with Crippen molar-refractivity contribution in [2.45, 2.75) is 30.2 Å². The number of hydrogen-bond acceptors (Lipinski definition) is 5. The van der Waals surface area contributed by atoms with Crippen molar-refractivity contribution >= 4 is 28.4 Å². The van der Waals surface area contributed by atoms with Crippen LogP contribution in [0.4, 0.5) is 4.39 Å². The number of nitrogens with two attached hydrogens (primary N) is 1. The Morgan fingerprint density at radius 3 is 2.74 bits per heavy atom. The van der Waals surface area contributed by atoms with Gasteiger partial charge in [-0.25, -0.2) is 22.3 Å². The summed E-state index contributed by atoms with van der Waals surface area (Å²) < 4.78 is 45.9. The van der Waals surface area contributed by atoms with Gasteiger partial charge < -0.3 is 10.5 Å². The molecule has 0 heterocycles. The summed E-state index contributed by atoms with van der Waals surface area (Å²) in [7, 11) is -2.97. The fourth-order valence-electron chi connectivity index (χ4n) is 2.77. The third-order valence-electron chi connectivity index (χ3n) is 3.92. The Balaban J connectivity index is 0.00000264. The van der Waals surface area contributed by atoms with Gasteiger partial charge in [0.15, 0.2) is 0 Å². The molecule has 0 saturated heterocycles. The molecule has 2 atom stereocenters. The molecule has 9 heteroatoms. The molecule has 1 aliphatic rings. The van der Waals surface area contributed by atoms with E-state index < -0.39 is 32.3 Å². The van der Waals surface area contributed by atoms with E-state index >= 15 is 0 Å². The summed E-state index contributed by atoms with van der Waals surface area (Å²) in [6, 6.07) is 3.14. The molecule has 2 rings (SSSR count). The van der Waals surface area contributed by atoms with E-state index in [0.29, 0.717) is 13.0 Å². The number of halogens is 2. The molecule has 1 aromatic rings. The molecule has 1 aliphatic carbocycles. The number of nitrogens with one attached hydrogen (secondary N) is 1. The summed E-state index contributed by atoms with van der Waals surface area (Å²) in [6.45, 7) is 0.375. The van der Waals surface area contributed by atoms with Crippen molar-refractivity contribution in [2.24, 2.45) is 11.7 Å². The van der Waals surface area contributed by atoms with Crippen molar-refractivity contribution in [1.82, 2.24) is 4.72 Å². The van der Waals surface area contributed by atoms with Gasteiger partial charge in [-0.3, -0.25) is 0 Å². The second kappa shape index (κ2) is 8.05. The molecule has 0 aliphatic heterocycles. The van der Waals surface area contributed by atoms with Gasteiger partial charge in [0.1, 0.15) is 11.4 Å². The van der Waals surface area contributed by atoms with Crippen LogP contribution in [0.1, 0.15) is 29.6 Å². The van der Waals surface area contributed by atoms with E-state index in [-0.39, 0.29) is 24.4 Å².